The molecule has 0 saturated carbocycles. The van der Waals surface area contributed by atoms with E-state index in [1.165, 1.54) is 0 Å². The van der Waals surface area contributed by atoms with Gasteiger partial charge in [0.2, 0.25) is 0 Å². The average Bonchev–Trinajstić information content (AvgIpc) is 2.58. The van der Waals surface area contributed by atoms with E-state index in [-0.39, 0.29) is 39.9 Å². The molecule has 0 unspecified atom stereocenters. The van der Waals surface area contributed by atoms with Gasteiger partial charge in [-0.3, -0.25) is 19.2 Å². The van der Waals surface area contributed by atoms with Crippen LogP contribution in [0.2, 0.25) is 0 Å². The van der Waals surface area contributed by atoms with E-state index in [9.17, 15) is 39.6 Å². The van der Waals surface area contributed by atoms with Crippen LogP contribution in [0.15, 0.2) is 43.2 Å². The third-order valence-electron chi connectivity index (χ3n) is 2.42. The summed E-state index contributed by atoms with van der Waals surface area (Å²) in [6, 6.07) is 0. The molecular formula is C12Cl4O8Th. The Morgan fingerprint density at radius 3 is 0.680 bits per heavy atom. The first kappa shape index (κ1) is 24.3. The monoisotopic (exact) mass is 644 g/mol. The number of hydrogen-bond donors (Lipinski definition) is 0. The molecule has 2 rings (SSSR count). The molecule has 0 aromatic rings. The Morgan fingerprint density at radius 2 is 0.560 bits per heavy atom. The molecule has 0 aromatic heterocycles. The molecule has 13 heteroatoms. The van der Waals surface area contributed by atoms with Crippen LogP contribution in [0.4, 0.5) is 0 Å². The van der Waals surface area contributed by atoms with Crippen LogP contribution in [0.5, 0.6) is 0 Å². The first-order chi connectivity index (χ1) is 10.9. The van der Waals surface area contributed by atoms with Crippen LogP contribution < -0.4 is 20.4 Å². The van der Waals surface area contributed by atoms with Crippen LogP contribution in [0.25, 0.3) is 0 Å². The minimum Gasteiger partial charge on any atom is -0.870 e. The average molecular weight is 646 g/mol. The summed E-state index contributed by atoms with van der Waals surface area (Å²) in [6.45, 7) is 0. The van der Waals surface area contributed by atoms with Gasteiger partial charge in [0.15, 0.2) is 23.1 Å². The van der Waals surface area contributed by atoms with E-state index in [0.717, 1.165) is 0 Å². The molecule has 0 heterocycles. The largest absolute Gasteiger partial charge is 4.00 e. The second-order valence-corrected chi connectivity index (χ2v) is 5.40. The minimum atomic E-state index is -1.44. The zero-order valence-electron chi connectivity index (χ0n) is 11.3. The van der Waals surface area contributed by atoms with Crippen molar-refractivity contribution in [3.05, 3.63) is 43.2 Å². The zero-order chi connectivity index (χ0) is 18.9. The maximum Gasteiger partial charge on any atom is 4.00 e. The molecule has 0 spiro atoms. The Hall–Kier alpha value is -0.675. The third kappa shape index (κ3) is 4.74. The van der Waals surface area contributed by atoms with Crippen LogP contribution in [0.3, 0.4) is 0 Å². The van der Waals surface area contributed by atoms with Gasteiger partial charge >= 0.3 is 39.9 Å². The van der Waals surface area contributed by atoms with E-state index >= 15 is 0 Å². The van der Waals surface area contributed by atoms with E-state index < -0.39 is 66.3 Å². The van der Waals surface area contributed by atoms with Gasteiger partial charge < -0.3 is 20.4 Å². The molecule has 2 aliphatic carbocycles. The Bertz CT molecular complexity index is 629. The van der Waals surface area contributed by atoms with E-state index in [1.54, 1.807) is 0 Å². The number of carbonyl (C=O) groups excluding carboxylic acids is 4. The smallest absolute Gasteiger partial charge is 0.870 e. The maximum absolute atomic E-state index is 10.7. The van der Waals surface area contributed by atoms with Gasteiger partial charge in [0.05, 0.1) is 0 Å². The van der Waals surface area contributed by atoms with Gasteiger partial charge in [-0.2, -0.15) is 0 Å². The summed E-state index contributed by atoms with van der Waals surface area (Å²) in [4.78, 5) is 42.8. The molecule has 2 aliphatic rings. The predicted molar refractivity (Wildman–Crippen MR) is 71.5 cm³/mol. The number of allylic oxidation sites excluding steroid dienone is 4. The second kappa shape index (κ2) is 9.32. The van der Waals surface area contributed by atoms with Gasteiger partial charge in [0, 0.05) is 0 Å². The summed E-state index contributed by atoms with van der Waals surface area (Å²) in [7, 11) is 0. The van der Waals surface area contributed by atoms with E-state index in [0.29, 0.717) is 0 Å². The van der Waals surface area contributed by atoms with Crippen molar-refractivity contribution in [2.75, 3.05) is 0 Å². The third-order valence-corrected chi connectivity index (χ3v) is 4.06. The summed E-state index contributed by atoms with van der Waals surface area (Å²) in [5, 5.41) is 39.6. The van der Waals surface area contributed by atoms with Gasteiger partial charge in [-0.1, -0.05) is 69.4 Å². The fourth-order valence-corrected chi connectivity index (χ4v) is 1.90. The quantitative estimate of drug-likeness (QED) is 0.262. The number of halogens is 4. The second-order valence-electron chi connectivity index (χ2n) is 3.89. The Balaban J connectivity index is 0.000000443. The number of carbonyl (C=O) groups is 4. The molecule has 0 aliphatic heterocycles. The first-order valence-electron chi connectivity index (χ1n) is 5.39. The molecule has 0 atom stereocenters. The van der Waals surface area contributed by atoms with Crippen LogP contribution in [0.1, 0.15) is 0 Å². The van der Waals surface area contributed by atoms with Crippen molar-refractivity contribution < 1.29 is 79.5 Å². The number of hydrogen-bond acceptors (Lipinski definition) is 8. The Labute approximate surface area is 190 Å². The van der Waals surface area contributed by atoms with Crippen molar-refractivity contribution in [3.8, 4) is 0 Å². The number of rotatable bonds is 0. The number of Topliss-reactive ketones (excluding diaryl/α,β-unsaturated/α-hetero) is 4. The summed E-state index contributed by atoms with van der Waals surface area (Å²) < 4.78 is 0. The van der Waals surface area contributed by atoms with Crippen molar-refractivity contribution in [1.29, 1.82) is 0 Å². The molecule has 128 valence electrons. The molecule has 25 heavy (non-hydrogen) atoms. The van der Waals surface area contributed by atoms with Gasteiger partial charge in [0.25, 0.3) is 0 Å². The SMILES string of the molecule is O=C1C([O-])=C([O-])C(=O)C(Cl)=C1Cl.O=C1C([O-])=C([O-])C(=O)C(Cl)=C1Cl.[Th+4]. The van der Waals surface area contributed by atoms with Gasteiger partial charge in [-0.25, -0.2) is 0 Å². The number of ketones is 4. The standard InChI is InChI=1S/2C6H2Cl2O4.Th/c2*7-1-2(8)4(10)6(12)5(11)3(1)9;/h2*11-12H;/q;;+4/p-4. The summed E-state index contributed by atoms with van der Waals surface area (Å²) in [5.41, 5.74) is 0. The van der Waals surface area contributed by atoms with Gasteiger partial charge in [-0.05, 0) is 0 Å². The summed E-state index contributed by atoms with van der Waals surface area (Å²) >= 11 is 20.7. The zero-order valence-corrected chi connectivity index (χ0v) is 18.4. The van der Waals surface area contributed by atoms with Crippen molar-refractivity contribution in [1.82, 2.24) is 0 Å². The molecule has 0 radical (unpaired) electrons. The Morgan fingerprint density at radius 1 is 0.440 bits per heavy atom. The van der Waals surface area contributed by atoms with E-state index in [4.69, 9.17) is 46.4 Å². The van der Waals surface area contributed by atoms with Crippen molar-refractivity contribution in [2.45, 2.75) is 0 Å². The molecule has 0 bridgehead atoms. The molecule has 0 saturated heterocycles. The van der Waals surface area contributed by atoms with Crippen molar-refractivity contribution >= 4 is 69.5 Å². The molecule has 0 fully saturated rings. The minimum absolute atomic E-state index is 0. The predicted octanol–water partition coefficient (Wildman–Crippen LogP) is -2.48. The van der Waals surface area contributed by atoms with Crippen molar-refractivity contribution in [3.63, 3.8) is 0 Å². The van der Waals surface area contributed by atoms with Crippen LogP contribution >= 0.6 is 46.4 Å². The summed E-state index contributed by atoms with van der Waals surface area (Å²) in [6.07, 6.45) is 0. The fourth-order valence-electron chi connectivity index (χ4n) is 1.21. The fraction of sp³-hybridized carbons (Fsp3) is 0. The normalized spacial score (nSPS) is 18.4. The van der Waals surface area contributed by atoms with Gasteiger partial charge in [0.1, 0.15) is 20.1 Å². The van der Waals surface area contributed by atoms with Crippen LogP contribution in [0, 0.1) is 39.9 Å². The molecule has 0 aromatic carbocycles. The molecule has 8 nitrogen and oxygen atoms in total. The molecular weight excluding hydrogens is 646 g/mol. The van der Waals surface area contributed by atoms with Crippen molar-refractivity contribution in [2.24, 2.45) is 0 Å². The topological polar surface area (TPSA) is 161 Å². The first-order valence-corrected chi connectivity index (χ1v) is 6.90. The molecule has 0 N–H and O–H groups in total. The molecule has 0 amide bonds. The van der Waals surface area contributed by atoms with Gasteiger partial charge in [-0.15, -0.1) is 0 Å². The van der Waals surface area contributed by atoms with Crippen LogP contribution in [-0.2, 0) is 19.2 Å². The Kier molecular flexibility index (Phi) is 9.06. The van der Waals surface area contributed by atoms with E-state index in [1.807, 2.05) is 0 Å². The maximum atomic E-state index is 10.7. The van der Waals surface area contributed by atoms with Crippen LogP contribution in [-0.4, -0.2) is 23.1 Å². The summed E-state index contributed by atoms with van der Waals surface area (Å²) in [5.74, 6) is -10.7. The van der Waals surface area contributed by atoms with E-state index in [2.05, 4.69) is 0 Å².